The number of amides is 2. The number of carbonyl (C=O) groups is 2. The number of hydrogen-bond donors (Lipinski definition) is 2. The summed E-state index contributed by atoms with van der Waals surface area (Å²) in [5.74, 6) is -0.808. The van der Waals surface area contributed by atoms with Crippen LogP contribution < -0.4 is 5.32 Å². The average Bonchev–Trinajstić information content (AvgIpc) is 2.57. The highest BCUT2D eigenvalue weighted by Gasteiger charge is 2.35. The minimum Gasteiger partial charge on any atom is -0.480 e. The van der Waals surface area contributed by atoms with Crippen molar-refractivity contribution in [3.63, 3.8) is 0 Å². The van der Waals surface area contributed by atoms with Crippen LogP contribution in [0.3, 0.4) is 0 Å². The maximum atomic E-state index is 12.5. The Morgan fingerprint density at radius 3 is 2.48 bits per heavy atom. The first kappa shape index (κ1) is 19.2. The molecule has 1 aliphatic carbocycles. The predicted molar refractivity (Wildman–Crippen MR) is 95.3 cm³/mol. The molecule has 138 valence electrons. The molecular formula is C18H28N4O3. The second-order valence-electron chi connectivity index (χ2n) is 6.54. The van der Waals surface area contributed by atoms with E-state index in [4.69, 9.17) is 5.11 Å². The molecular weight excluding hydrogens is 320 g/mol. The minimum atomic E-state index is -0.808. The Kier molecular flexibility index (Phi) is 6.75. The van der Waals surface area contributed by atoms with Gasteiger partial charge in [0, 0.05) is 31.5 Å². The number of hydrogen-bond acceptors (Lipinski definition) is 4. The number of likely N-dealkylation sites (N-methyl/N-ethyl adjacent to an activating group) is 1. The molecule has 1 unspecified atom stereocenters. The van der Waals surface area contributed by atoms with Gasteiger partial charge in [-0.15, -0.1) is 0 Å². The number of nitrogens with zero attached hydrogens (tertiary/aromatic N) is 3. The number of carboxylic acid groups (broad SMARTS) is 1. The van der Waals surface area contributed by atoms with E-state index in [0.29, 0.717) is 6.54 Å². The van der Waals surface area contributed by atoms with E-state index in [1.165, 1.54) is 0 Å². The van der Waals surface area contributed by atoms with Crippen molar-refractivity contribution in [2.24, 2.45) is 0 Å². The molecule has 0 spiro atoms. The Labute approximate surface area is 149 Å². The fraction of sp³-hybridized carbons (Fsp3) is 0.611. The summed E-state index contributed by atoms with van der Waals surface area (Å²) >= 11 is 0. The summed E-state index contributed by atoms with van der Waals surface area (Å²) in [6.07, 6.45) is 5.90. The van der Waals surface area contributed by atoms with Gasteiger partial charge >= 0.3 is 12.0 Å². The maximum absolute atomic E-state index is 12.5. The molecule has 1 saturated carbocycles. The normalized spacial score (nSPS) is 20.6. The molecule has 2 N–H and O–H groups in total. The van der Waals surface area contributed by atoms with Gasteiger partial charge in [0.2, 0.25) is 0 Å². The van der Waals surface area contributed by atoms with Crippen LogP contribution in [0, 0.1) is 0 Å². The van der Waals surface area contributed by atoms with Gasteiger partial charge in [-0.3, -0.25) is 14.7 Å². The van der Waals surface area contributed by atoms with Crippen molar-refractivity contribution < 1.29 is 14.7 Å². The topological polar surface area (TPSA) is 85.8 Å². The van der Waals surface area contributed by atoms with Crippen molar-refractivity contribution in [2.75, 3.05) is 20.1 Å². The largest absolute Gasteiger partial charge is 0.480 e. The Morgan fingerprint density at radius 2 is 1.96 bits per heavy atom. The molecule has 1 aromatic heterocycles. The Bertz CT molecular complexity index is 575. The molecule has 7 nitrogen and oxygen atoms in total. The molecule has 1 atom stereocenters. The third-order valence-corrected chi connectivity index (χ3v) is 4.97. The van der Waals surface area contributed by atoms with Crippen LogP contribution in [0.2, 0.25) is 0 Å². The number of nitrogens with one attached hydrogen (secondary N) is 1. The van der Waals surface area contributed by atoms with Gasteiger partial charge in [0.25, 0.3) is 0 Å². The molecule has 0 aliphatic heterocycles. The third kappa shape index (κ3) is 4.92. The predicted octanol–water partition coefficient (Wildman–Crippen LogP) is 2.11. The quantitative estimate of drug-likeness (QED) is 0.751. The molecule has 1 fully saturated rings. The Hall–Kier alpha value is -2.15. The van der Waals surface area contributed by atoms with Gasteiger partial charge in [0.1, 0.15) is 0 Å². The number of carboxylic acids is 1. The van der Waals surface area contributed by atoms with Gasteiger partial charge < -0.3 is 15.3 Å². The van der Waals surface area contributed by atoms with Crippen molar-refractivity contribution in [1.82, 2.24) is 20.1 Å². The lowest BCUT2D eigenvalue weighted by Crippen LogP contribution is -2.56. The van der Waals surface area contributed by atoms with Gasteiger partial charge in [-0.25, -0.2) is 4.79 Å². The van der Waals surface area contributed by atoms with E-state index < -0.39 is 5.97 Å². The zero-order chi connectivity index (χ0) is 18.4. The van der Waals surface area contributed by atoms with Crippen LogP contribution >= 0.6 is 0 Å². The summed E-state index contributed by atoms with van der Waals surface area (Å²) in [6, 6.07) is 4.13. The molecule has 0 aromatic carbocycles. The van der Waals surface area contributed by atoms with Crippen LogP contribution in [0.25, 0.3) is 0 Å². The summed E-state index contributed by atoms with van der Waals surface area (Å²) in [5.41, 5.74) is 1.07. The second-order valence-corrected chi connectivity index (χ2v) is 6.54. The van der Waals surface area contributed by atoms with Gasteiger partial charge in [0.15, 0.2) is 0 Å². The molecule has 0 saturated heterocycles. The lowest BCUT2D eigenvalue weighted by molar-refractivity contribution is -0.139. The highest BCUT2D eigenvalue weighted by molar-refractivity contribution is 5.75. The maximum Gasteiger partial charge on any atom is 0.317 e. The summed E-state index contributed by atoms with van der Waals surface area (Å²) < 4.78 is 0. The average molecular weight is 348 g/mol. The molecule has 0 bridgehead atoms. The minimum absolute atomic E-state index is 0.0121. The number of urea groups is 1. The first-order valence-corrected chi connectivity index (χ1v) is 8.85. The van der Waals surface area contributed by atoms with Gasteiger partial charge in [-0.05, 0) is 43.5 Å². The smallest absolute Gasteiger partial charge is 0.317 e. The van der Waals surface area contributed by atoms with Crippen molar-refractivity contribution in [3.05, 3.63) is 30.1 Å². The van der Waals surface area contributed by atoms with Crippen LogP contribution in [-0.2, 0) is 4.79 Å². The highest BCUT2D eigenvalue weighted by atomic mass is 16.4. The van der Waals surface area contributed by atoms with Gasteiger partial charge in [-0.1, -0.05) is 13.8 Å². The molecule has 1 heterocycles. The SMILES string of the molecule is CCC(c1ccncc1)N(C)C(=O)NC1CC(N(CC)CC(=O)O)C1. The summed E-state index contributed by atoms with van der Waals surface area (Å²) in [7, 11) is 1.81. The van der Waals surface area contributed by atoms with E-state index in [0.717, 1.165) is 24.8 Å². The summed E-state index contributed by atoms with van der Waals surface area (Å²) in [6.45, 7) is 4.78. The molecule has 0 radical (unpaired) electrons. The first-order valence-electron chi connectivity index (χ1n) is 8.85. The fourth-order valence-electron chi connectivity index (χ4n) is 3.41. The summed E-state index contributed by atoms with van der Waals surface area (Å²) in [5, 5.41) is 12.0. The van der Waals surface area contributed by atoms with Crippen molar-refractivity contribution in [1.29, 1.82) is 0 Å². The fourth-order valence-corrected chi connectivity index (χ4v) is 3.41. The lowest BCUT2D eigenvalue weighted by Gasteiger charge is -2.43. The molecule has 2 amide bonds. The summed E-state index contributed by atoms with van der Waals surface area (Å²) in [4.78, 5) is 31.1. The first-order chi connectivity index (χ1) is 12.0. The van der Waals surface area contributed by atoms with E-state index in [9.17, 15) is 9.59 Å². The number of aromatic nitrogens is 1. The molecule has 1 aliphatic rings. The zero-order valence-electron chi connectivity index (χ0n) is 15.2. The van der Waals surface area contributed by atoms with Crippen LogP contribution in [0.15, 0.2) is 24.5 Å². The number of aliphatic carboxylic acids is 1. The van der Waals surface area contributed by atoms with E-state index in [1.54, 1.807) is 17.3 Å². The molecule has 25 heavy (non-hydrogen) atoms. The number of pyridine rings is 1. The lowest BCUT2D eigenvalue weighted by atomic mass is 9.85. The van der Waals surface area contributed by atoms with E-state index in [1.807, 2.05) is 31.0 Å². The van der Waals surface area contributed by atoms with Gasteiger partial charge in [-0.2, -0.15) is 0 Å². The van der Waals surface area contributed by atoms with E-state index in [2.05, 4.69) is 17.2 Å². The van der Waals surface area contributed by atoms with Gasteiger partial charge in [0.05, 0.1) is 12.6 Å². The van der Waals surface area contributed by atoms with Crippen molar-refractivity contribution >= 4 is 12.0 Å². The number of carbonyl (C=O) groups excluding carboxylic acids is 1. The standard InChI is InChI=1S/C18H28N4O3/c1-4-16(13-6-8-19-9-7-13)21(3)18(25)20-14-10-15(11-14)22(5-2)12-17(23)24/h6-9,14-16H,4-5,10-12H2,1-3H3,(H,20,25)(H,23,24). The van der Waals surface area contributed by atoms with E-state index in [-0.39, 0.29) is 30.7 Å². The van der Waals surface area contributed by atoms with Crippen molar-refractivity contribution in [2.45, 2.75) is 51.2 Å². The Balaban J connectivity index is 1.85. The molecule has 7 heteroatoms. The monoisotopic (exact) mass is 348 g/mol. The second kappa shape index (κ2) is 8.80. The zero-order valence-corrected chi connectivity index (χ0v) is 15.2. The van der Waals surface area contributed by atoms with Crippen LogP contribution in [0.1, 0.15) is 44.7 Å². The Morgan fingerprint density at radius 1 is 1.32 bits per heavy atom. The molecule has 2 rings (SSSR count). The van der Waals surface area contributed by atoms with Crippen LogP contribution in [0.4, 0.5) is 4.79 Å². The van der Waals surface area contributed by atoms with Crippen LogP contribution in [-0.4, -0.2) is 64.1 Å². The molecule has 1 aromatic rings. The highest BCUT2D eigenvalue weighted by Crippen LogP contribution is 2.27. The van der Waals surface area contributed by atoms with E-state index >= 15 is 0 Å². The number of rotatable bonds is 8. The van der Waals surface area contributed by atoms with Crippen LogP contribution in [0.5, 0.6) is 0 Å². The third-order valence-electron chi connectivity index (χ3n) is 4.97. The van der Waals surface area contributed by atoms with Crippen molar-refractivity contribution in [3.8, 4) is 0 Å².